The van der Waals surface area contributed by atoms with E-state index in [1.54, 1.807) is 0 Å². The van der Waals surface area contributed by atoms with Crippen LogP contribution in [-0.4, -0.2) is 5.60 Å². The van der Waals surface area contributed by atoms with Gasteiger partial charge in [-0.1, -0.05) is 6.07 Å². The molecule has 1 atom stereocenters. The maximum atomic E-state index is 6.16. The fourth-order valence-electron chi connectivity index (χ4n) is 2.17. The van der Waals surface area contributed by atoms with Crippen molar-refractivity contribution in [3.8, 4) is 5.75 Å². The van der Waals surface area contributed by atoms with E-state index in [0.717, 1.165) is 17.7 Å². The van der Waals surface area contributed by atoms with Gasteiger partial charge in [-0.15, -0.1) is 12.4 Å². The lowest BCUT2D eigenvalue weighted by Crippen LogP contribution is -2.37. The van der Waals surface area contributed by atoms with Gasteiger partial charge in [0.05, 0.1) is 0 Å². The van der Waals surface area contributed by atoms with Crippen LogP contribution in [-0.2, 0) is 0 Å². The molecule has 1 aromatic rings. The van der Waals surface area contributed by atoms with E-state index in [2.05, 4.69) is 39.8 Å². The average molecular weight is 242 g/mol. The quantitative estimate of drug-likeness (QED) is 0.757. The summed E-state index contributed by atoms with van der Waals surface area (Å²) in [6, 6.07) is 4.36. The van der Waals surface area contributed by atoms with Crippen LogP contribution in [0.1, 0.15) is 43.0 Å². The number of ether oxygens (including phenoxy) is 1. The van der Waals surface area contributed by atoms with Gasteiger partial charge >= 0.3 is 0 Å². The molecule has 1 aliphatic rings. The minimum Gasteiger partial charge on any atom is -0.487 e. The van der Waals surface area contributed by atoms with E-state index in [0.29, 0.717) is 0 Å². The number of hydrogen-bond donors (Lipinski definition) is 1. The summed E-state index contributed by atoms with van der Waals surface area (Å²) >= 11 is 0. The van der Waals surface area contributed by atoms with E-state index < -0.39 is 0 Å². The third-order valence-corrected chi connectivity index (χ3v) is 3.12. The van der Waals surface area contributed by atoms with Crippen molar-refractivity contribution >= 4 is 12.4 Å². The van der Waals surface area contributed by atoms with Gasteiger partial charge in [0.25, 0.3) is 0 Å². The predicted octanol–water partition coefficient (Wildman–Crippen LogP) is 3.29. The van der Waals surface area contributed by atoms with Crippen molar-refractivity contribution in [2.45, 2.75) is 45.8 Å². The van der Waals surface area contributed by atoms with E-state index in [9.17, 15) is 0 Å². The summed E-state index contributed by atoms with van der Waals surface area (Å²) in [4.78, 5) is 0. The average Bonchev–Trinajstić information content (AvgIpc) is 2.07. The van der Waals surface area contributed by atoms with Crippen LogP contribution in [0.4, 0.5) is 0 Å². The second-order valence-corrected chi connectivity index (χ2v) is 5.15. The molecule has 2 N–H and O–H groups in total. The summed E-state index contributed by atoms with van der Waals surface area (Å²) in [7, 11) is 0. The standard InChI is InChI=1S/C13H19NO.ClH/c1-8-5-10-11(14)7-13(3,4)15-12(10)6-9(8)2;/h5-6,11H,7,14H2,1-4H3;1H. The van der Waals surface area contributed by atoms with Crippen molar-refractivity contribution in [3.63, 3.8) is 0 Å². The molecule has 1 heterocycles. The van der Waals surface area contributed by atoms with Gasteiger partial charge in [-0.05, 0) is 44.9 Å². The van der Waals surface area contributed by atoms with Gasteiger partial charge in [0.1, 0.15) is 11.4 Å². The highest BCUT2D eigenvalue weighted by Crippen LogP contribution is 2.39. The lowest BCUT2D eigenvalue weighted by Gasteiger charge is -2.36. The first-order valence-corrected chi connectivity index (χ1v) is 5.45. The molecule has 0 aliphatic carbocycles. The number of hydrogen-bond acceptors (Lipinski definition) is 2. The Balaban J connectivity index is 0.00000128. The first-order chi connectivity index (χ1) is 6.89. The fraction of sp³-hybridized carbons (Fsp3) is 0.538. The van der Waals surface area contributed by atoms with Crippen LogP contribution in [0.25, 0.3) is 0 Å². The zero-order valence-electron chi connectivity index (χ0n) is 10.3. The zero-order valence-corrected chi connectivity index (χ0v) is 11.1. The van der Waals surface area contributed by atoms with Gasteiger partial charge in [-0.2, -0.15) is 0 Å². The van der Waals surface area contributed by atoms with Crippen molar-refractivity contribution in [3.05, 3.63) is 28.8 Å². The molecule has 90 valence electrons. The maximum Gasteiger partial charge on any atom is 0.125 e. The van der Waals surface area contributed by atoms with Gasteiger partial charge in [0.2, 0.25) is 0 Å². The van der Waals surface area contributed by atoms with E-state index in [4.69, 9.17) is 10.5 Å². The van der Waals surface area contributed by atoms with Crippen LogP contribution in [0.2, 0.25) is 0 Å². The molecule has 16 heavy (non-hydrogen) atoms. The third kappa shape index (κ3) is 2.33. The first-order valence-electron chi connectivity index (χ1n) is 5.45. The largest absolute Gasteiger partial charge is 0.487 e. The minimum atomic E-state index is -0.145. The molecule has 3 heteroatoms. The summed E-state index contributed by atoms with van der Waals surface area (Å²) in [5, 5.41) is 0. The Hall–Kier alpha value is -0.730. The van der Waals surface area contributed by atoms with E-state index >= 15 is 0 Å². The maximum absolute atomic E-state index is 6.16. The minimum absolute atomic E-state index is 0. The van der Waals surface area contributed by atoms with Crippen LogP contribution in [0.5, 0.6) is 5.75 Å². The smallest absolute Gasteiger partial charge is 0.125 e. The highest BCUT2D eigenvalue weighted by Gasteiger charge is 2.31. The normalized spacial score (nSPS) is 21.7. The Morgan fingerprint density at radius 3 is 2.44 bits per heavy atom. The Kier molecular flexibility index (Phi) is 3.56. The van der Waals surface area contributed by atoms with Crippen molar-refractivity contribution in [2.24, 2.45) is 5.73 Å². The van der Waals surface area contributed by atoms with Crippen molar-refractivity contribution in [1.82, 2.24) is 0 Å². The SMILES string of the molecule is Cc1cc2c(cc1C)C(N)CC(C)(C)O2.Cl. The Morgan fingerprint density at radius 1 is 1.25 bits per heavy atom. The Morgan fingerprint density at radius 2 is 1.81 bits per heavy atom. The second-order valence-electron chi connectivity index (χ2n) is 5.15. The molecule has 0 bridgehead atoms. The molecule has 0 fully saturated rings. The van der Waals surface area contributed by atoms with E-state index in [1.165, 1.54) is 11.1 Å². The van der Waals surface area contributed by atoms with Gasteiger partial charge < -0.3 is 10.5 Å². The van der Waals surface area contributed by atoms with Crippen LogP contribution in [0.3, 0.4) is 0 Å². The first kappa shape index (κ1) is 13.3. The molecule has 0 saturated carbocycles. The molecular formula is C13H20ClNO. The van der Waals surface area contributed by atoms with Crippen molar-refractivity contribution in [2.75, 3.05) is 0 Å². The molecule has 1 aliphatic heterocycles. The van der Waals surface area contributed by atoms with E-state index in [1.807, 2.05) is 0 Å². The molecule has 0 saturated heterocycles. The number of halogens is 1. The van der Waals surface area contributed by atoms with Crippen LogP contribution < -0.4 is 10.5 Å². The van der Waals surface area contributed by atoms with Crippen LogP contribution in [0.15, 0.2) is 12.1 Å². The highest BCUT2D eigenvalue weighted by molar-refractivity contribution is 5.85. The topological polar surface area (TPSA) is 35.2 Å². The van der Waals surface area contributed by atoms with Gasteiger partial charge in [0, 0.05) is 18.0 Å². The Labute approximate surface area is 104 Å². The summed E-state index contributed by atoms with van der Waals surface area (Å²) in [5.74, 6) is 0.960. The number of aryl methyl sites for hydroxylation is 2. The molecule has 2 nitrogen and oxygen atoms in total. The highest BCUT2D eigenvalue weighted by atomic mass is 35.5. The number of fused-ring (bicyclic) bond motifs is 1. The van der Waals surface area contributed by atoms with Gasteiger partial charge in [0.15, 0.2) is 0 Å². The summed E-state index contributed by atoms with van der Waals surface area (Å²) in [6.07, 6.45) is 0.877. The molecule has 1 aromatic carbocycles. The van der Waals surface area contributed by atoms with Gasteiger partial charge in [-0.25, -0.2) is 0 Å². The molecule has 0 amide bonds. The number of nitrogens with two attached hydrogens (primary N) is 1. The molecule has 0 radical (unpaired) electrons. The Bertz CT molecular complexity index is 401. The van der Waals surface area contributed by atoms with Crippen molar-refractivity contribution < 1.29 is 4.74 Å². The van der Waals surface area contributed by atoms with Crippen LogP contribution >= 0.6 is 12.4 Å². The van der Waals surface area contributed by atoms with Gasteiger partial charge in [-0.3, -0.25) is 0 Å². The summed E-state index contributed by atoms with van der Waals surface area (Å²) in [6.45, 7) is 8.39. The third-order valence-electron chi connectivity index (χ3n) is 3.12. The van der Waals surface area contributed by atoms with E-state index in [-0.39, 0.29) is 24.0 Å². The molecular weight excluding hydrogens is 222 g/mol. The summed E-state index contributed by atoms with van der Waals surface area (Å²) in [5.41, 5.74) is 9.71. The predicted molar refractivity (Wildman–Crippen MR) is 69.4 cm³/mol. The summed E-state index contributed by atoms with van der Waals surface area (Å²) < 4.78 is 5.95. The van der Waals surface area contributed by atoms with Crippen molar-refractivity contribution in [1.29, 1.82) is 0 Å². The lowest BCUT2D eigenvalue weighted by atomic mass is 9.88. The zero-order chi connectivity index (χ0) is 11.2. The molecule has 0 aromatic heterocycles. The fourth-order valence-corrected chi connectivity index (χ4v) is 2.17. The second kappa shape index (κ2) is 4.27. The molecule has 2 rings (SSSR count). The number of benzene rings is 1. The molecule has 0 spiro atoms. The monoisotopic (exact) mass is 241 g/mol. The lowest BCUT2D eigenvalue weighted by molar-refractivity contribution is 0.0728. The molecule has 1 unspecified atom stereocenters. The number of rotatable bonds is 0. The van der Waals surface area contributed by atoms with Crippen LogP contribution in [0, 0.1) is 13.8 Å².